The number of ether oxygens (including phenoxy) is 3. The van der Waals surface area contributed by atoms with E-state index in [0.717, 1.165) is 72.7 Å². The summed E-state index contributed by atoms with van der Waals surface area (Å²) < 4.78 is 62.6. The van der Waals surface area contributed by atoms with Crippen molar-refractivity contribution in [1.29, 1.82) is 0 Å². The molecule has 0 radical (unpaired) electrons. The maximum atomic E-state index is 14.5. The summed E-state index contributed by atoms with van der Waals surface area (Å²) >= 11 is 9.78. The Morgan fingerprint density at radius 3 is 2.52 bits per heavy atom. The maximum Gasteiger partial charge on any atom is 0.471 e. The van der Waals surface area contributed by atoms with Crippen molar-refractivity contribution in [2.24, 2.45) is 11.8 Å². The van der Waals surface area contributed by atoms with Gasteiger partial charge in [-0.25, -0.2) is 4.79 Å². The van der Waals surface area contributed by atoms with Crippen LogP contribution in [0.1, 0.15) is 112 Å². The summed E-state index contributed by atoms with van der Waals surface area (Å²) in [6, 6.07) is 21.7. The van der Waals surface area contributed by atoms with E-state index in [4.69, 9.17) is 25.8 Å². The van der Waals surface area contributed by atoms with Crippen molar-refractivity contribution in [1.82, 2.24) is 10.3 Å². The standard InChI is InChI=1S/C51H58BrClF3N3O6/c1-33(32-65-44-19-25-57-43-15-4-9-34(2)46(43)44)27-37-29-36-17-18-41(64-26-8-16-45(60)58-24-7-11-35-10-5-12-38(52)28-35)31-42(36)49(37)20-22-50(23-21-49,48(62)63-3)59(47(61)51(54,55)56)40-14-6-13-39(53)30-40/h5-6,10,12-14,17-19,25,28,30-31,33-34,37H,4,7-9,11,15-16,20-24,26-27,29,32H2,1-3H3,(H,58,60)/t33-,34-,37+,49?,50?/m1/s1. The van der Waals surface area contributed by atoms with Crippen LogP contribution in [0.3, 0.4) is 0 Å². The second-order valence-electron chi connectivity index (χ2n) is 18.2. The lowest BCUT2D eigenvalue weighted by Gasteiger charge is -2.51. The van der Waals surface area contributed by atoms with Crippen molar-refractivity contribution in [3.8, 4) is 11.5 Å². The Morgan fingerprint density at radius 2 is 1.78 bits per heavy atom. The smallest absolute Gasteiger partial charge is 0.471 e. The number of carbonyl (C=O) groups excluding carboxylic acids is 3. The zero-order chi connectivity index (χ0) is 46.4. The van der Waals surface area contributed by atoms with Crippen LogP contribution in [0, 0.1) is 11.8 Å². The summed E-state index contributed by atoms with van der Waals surface area (Å²) in [5.41, 5.74) is 2.96. The van der Waals surface area contributed by atoms with Gasteiger partial charge in [-0.15, -0.1) is 0 Å². The molecule has 9 nitrogen and oxygen atoms in total. The van der Waals surface area contributed by atoms with E-state index in [2.05, 4.69) is 58.3 Å². The van der Waals surface area contributed by atoms with Gasteiger partial charge in [0.25, 0.3) is 0 Å². The fourth-order valence-electron chi connectivity index (χ4n) is 10.7. The molecule has 1 heterocycles. The van der Waals surface area contributed by atoms with Crippen LogP contribution in [-0.2, 0) is 43.8 Å². The number of anilines is 1. The lowest BCUT2D eigenvalue weighted by molar-refractivity contribution is -0.174. The Kier molecular flexibility index (Phi) is 15.5. The van der Waals surface area contributed by atoms with Gasteiger partial charge in [0.15, 0.2) is 0 Å². The van der Waals surface area contributed by atoms with Crippen molar-refractivity contribution in [3.05, 3.63) is 116 Å². The van der Waals surface area contributed by atoms with Crippen LogP contribution in [0.2, 0.25) is 5.02 Å². The predicted molar refractivity (Wildman–Crippen MR) is 249 cm³/mol. The van der Waals surface area contributed by atoms with E-state index < -0.39 is 29.0 Å². The van der Waals surface area contributed by atoms with Crippen molar-refractivity contribution in [2.75, 3.05) is 31.8 Å². The van der Waals surface area contributed by atoms with Gasteiger partial charge < -0.3 is 19.5 Å². The molecule has 7 rings (SSSR count). The molecule has 1 N–H and O–H groups in total. The molecule has 0 saturated heterocycles. The summed E-state index contributed by atoms with van der Waals surface area (Å²) in [6.45, 7) is 5.73. The molecule has 3 aromatic carbocycles. The molecule has 1 aromatic heterocycles. The average Bonchev–Trinajstić information content (AvgIpc) is 3.56. The van der Waals surface area contributed by atoms with Gasteiger partial charge >= 0.3 is 18.1 Å². The normalized spacial score (nSPS) is 21.8. The van der Waals surface area contributed by atoms with Crippen LogP contribution in [-0.4, -0.2) is 61.4 Å². The number of aromatic nitrogens is 1. The number of hydrogen-bond donors (Lipinski definition) is 1. The highest BCUT2D eigenvalue weighted by atomic mass is 79.9. The Hall–Kier alpha value is -4.62. The SMILES string of the molecule is COC(=O)C1(N(C(=O)C(F)(F)F)c2cccc(Cl)c2)CCC2(CC1)c1cc(OCCCC(=O)NCCCc3cccc(Br)c3)ccc1C[C@@H]2C[C@@H](C)COc1ccnc2c1[C@H](C)CCC2. The molecular formula is C51H58BrClF3N3O6. The van der Waals surface area contributed by atoms with Gasteiger partial charge in [0.05, 0.1) is 20.3 Å². The Balaban J connectivity index is 1.09. The molecule has 1 saturated carbocycles. The molecule has 4 aromatic rings. The van der Waals surface area contributed by atoms with Crippen LogP contribution >= 0.6 is 27.5 Å². The number of methoxy groups -OCH3 is 1. The number of rotatable bonds is 17. The molecular weight excluding hydrogens is 923 g/mol. The van der Waals surface area contributed by atoms with Gasteiger partial charge in [0, 0.05) is 45.6 Å². The van der Waals surface area contributed by atoms with Crippen LogP contribution in [0.4, 0.5) is 18.9 Å². The van der Waals surface area contributed by atoms with E-state index in [1.165, 1.54) is 35.4 Å². The van der Waals surface area contributed by atoms with Crippen LogP contribution < -0.4 is 19.7 Å². The second-order valence-corrected chi connectivity index (χ2v) is 19.5. The first-order valence-corrected chi connectivity index (χ1v) is 23.9. The molecule has 348 valence electrons. The zero-order valence-corrected chi connectivity index (χ0v) is 39.6. The quantitative estimate of drug-likeness (QED) is 0.0829. The molecule has 65 heavy (non-hydrogen) atoms. The molecule has 1 fully saturated rings. The number of aryl methyl sites for hydroxylation is 2. The number of carbonyl (C=O) groups is 3. The molecule has 0 bridgehead atoms. The Morgan fingerprint density at radius 1 is 1.00 bits per heavy atom. The van der Waals surface area contributed by atoms with E-state index >= 15 is 0 Å². The monoisotopic (exact) mass is 979 g/mol. The van der Waals surface area contributed by atoms with E-state index in [1.807, 2.05) is 36.5 Å². The molecule has 1 spiro atoms. The van der Waals surface area contributed by atoms with E-state index in [9.17, 15) is 27.6 Å². The third kappa shape index (κ3) is 11.0. The van der Waals surface area contributed by atoms with Gasteiger partial charge in [0.2, 0.25) is 5.91 Å². The fourth-order valence-corrected chi connectivity index (χ4v) is 11.3. The van der Waals surface area contributed by atoms with Gasteiger partial charge in [-0.2, -0.15) is 13.2 Å². The van der Waals surface area contributed by atoms with Crippen molar-refractivity contribution < 1.29 is 41.8 Å². The fraction of sp³-hybridized carbons (Fsp3) is 0.490. The number of nitrogens with zero attached hydrogens (tertiary/aromatic N) is 2. The molecule has 14 heteroatoms. The first kappa shape index (κ1) is 48.3. The van der Waals surface area contributed by atoms with Crippen molar-refractivity contribution in [2.45, 2.75) is 120 Å². The minimum Gasteiger partial charge on any atom is -0.494 e. The number of fused-ring (bicyclic) bond motifs is 3. The summed E-state index contributed by atoms with van der Waals surface area (Å²) in [5, 5.41) is 3.13. The lowest BCUT2D eigenvalue weighted by Crippen LogP contribution is -2.63. The largest absolute Gasteiger partial charge is 0.494 e. The number of benzene rings is 3. The molecule has 0 aliphatic heterocycles. The molecule has 0 unspecified atom stereocenters. The molecule has 3 atom stereocenters. The molecule has 2 amide bonds. The van der Waals surface area contributed by atoms with Gasteiger partial charge in [0.1, 0.15) is 17.0 Å². The van der Waals surface area contributed by atoms with Crippen LogP contribution in [0.15, 0.2) is 83.5 Å². The Labute approximate surface area is 393 Å². The van der Waals surface area contributed by atoms with Crippen LogP contribution in [0.25, 0.3) is 0 Å². The number of nitrogens with one attached hydrogen (secondary N) is 1. The number of esters is 1. The summed E-state index contributed by atoms with van der Waals surface area (Å²) in [6.07, 6.45) is 4.04. The number of halogens is 5. The average molecular weight is 981 g/mol. The van der Waals surface area contributed by atoms with Crippen molar-refractivity contribution >= 4 is 51.0 Å². The van der Waals surface area contributed by atoms with Gasteiger partial charge in [-0.05, 0) is 165 Å². The first-order valence-electron chi connectivity index (χ1n) is 22.8. The highest BCUT2D eigenvalue weighted by Crippen LogP contribution is 2.58. The Bertz CT molecular complexity index is 2340. The predicted octanol–water partition coefficient (Wildman–Crippen LogP) is 11.4. The number of alkyl halides is 3. The summed E-state index contributed by atoms with van der Waals surface area (Å²) in [4.78, 5) is 45.3. The minimum absolute atomic E-state index is 0.0392. The molecule has 3 aliphatic carbocycles. The van der Waals surface area contributed by atoms with E-state index in [0.29, 0.717) is 68.4 Å². The van der Waals surface area contributed by atoms with Crippen LogP contribution in [0.5, 0.6) is 11.5 Å². The zero-order valence-electron chi connectivity index (χ0n) is 37.3. The van der Waals surface area contributed by atoms with E-state index in [-0.39, 0.29) is 41.3 Å². The third-order valence-corrected chi connectivity index (χ3v) is 14.5. The highest BCUT2D eigenvalue weighted by Gasteiger charge is 2.60. The summed E-state index contributed by atoms with van der Waals surface area (Å²) in [5.74, 6) is -1.13. The number of hydrogen-bond acceptors (Lipinski definition) is 7. The lowest BCUT2D eigenvalue weighted by atomic mass is 9.59. The minimum atomic E-state index is -5.28. The van der Waals surface area contributed by atoms with Gasteiger partial charge in [-0.3, -0.25) is 19.5 Å². The number of amides is 2. The van der Waals surface area contributed by atoms with Crippen molar-refractivity contribution in [3.63, 3.8) is 0 Å². The second kappa shape index (κ2) is 20.9. The molecule has 3 aliphatic rings. The number of pyridine rings is 1. The van der Waals surface area contributed by atoms with E-state index in [1.54, 1.807) is 0 Å². The van der Waals surface area contributed by atoms with Gasteiger partial charge in [-0.1, -0.05) is 65.6 Å². The third-order valence-electron chi connectivity index (χ3n) is 13.8. The topological polar surface area (TPSA) is 107 Å². The highest BCUT2D eigenvalue weighted by molar-refractivity contribution is 9.10. The maximum absolute atomic E-state index is 14.5. The summed E-state index contributed by atoms with van der Waals surface area (Å²) in [7, 11) is 1.14. The first-order chi connectivity index (χ1) is 31.1.